The van der Waals surface area contributed by atoms with Gasteiger partial charge in [-0.25, -0.2) is 0 Å². The van der Waals surface area contributed by atoms with Gasteiger partial charge < -0.3 is 0 Å². The summed E-state index contributed by atoms with van der Waals surface area (Å²) in [7, 11) is 2.19. The summed E-state index contributed by atoms with van der Waals surface area (Å²) in [5, 5.41) is 0. The third kappa shape index (κ3) is 1.24. The van der Waals surface area contributed by atoms with E-state index < -0.39 is 0 Å². The number of nitrogens with zero attached hydrogens (tertiary/aromatic N) is 1. The Morgan fingerprint density at radius 2 is 2.11 bits per heavy atom. The van der Waals surface area contributed by atoms with Crippen LogP contribution < -0.4 is 0 Å². The van der Waals surface area contributed by atoms with E-state index in [0.717, 1.165) is 6.04 Å². The van der Waals surface area contributed by atoms with Crippen LogP contribution in [0.3, 0.4) is 0 Å². The number of thioether (sulfide) groups is 1. The summed E-state index contributed by atoms with van der Waals surface area (Å²) >= 11 is 2.04. The highest BCUT2D eigenvalue weighted by molar-refractivity contribution is 8.00. The van der Waals surface area contributed by atoms with Crippen LogP contribution >= 0.6 is 11.8 Å². The standard InChI is InChI=1S/C7H15NS/c1-6-7(2,3)9-5-8(6)4/h6H,5H2,1-4H3. The van der Waals surface area contributed by atoms with Gasteiger partial charge in [-0.3, -0.25) is 4.90 Å². The fourth-order valence-corrected chi connectivity index (χ4v) is 2.21. The quantitative estimate of drug-likeness (QED) is 0.511. The van der Waals surface area contributed by atoms with Crippen LogP contribution in [0.5, 0.6) is 0 Å². The molecule has 0 aromatic rings. The third-order valence-electron chi connectivity index (χ3n) is 2.31. The van der Waals surface area contributed by atoms with Crippen LogP contribution in [-0.4, -0.2) is 28.6 Å². The Balaban J connectivity index is 2.62. The normalized spacial score (nSPS) is 35.3. The molecule has 0 radical (unpaired) electrons. The van der Waals surface area contributed by atoms with E-state index in [0.29, 0.717) is 4.75 Å². The Kier molecular flexibility index (Phi) is 1.79. The highest BCUT2D eigenvalue weighted by Gasteiger charge is 2.35. The van der Waals surface area contributed by atoms with Crippen molar-refractivity contribution in [3.05, 3.63) is 0 Å². The molecule has 1 saturated heterocycles. The number of rotatable bonds is 0. The summed E-state index contributed by atoms with van der Waals surface area (Å²) in [6.07, 6.45) is 0. The Hall–Kier alpha value is 0.310. The van der Waals surface area contributed by atoms with Gasteiger partial charge >= 0.3 is 0 Å². The largest absolute Gasteiger partial charge is 0.293 e. The van der Waals surface area contributed by atoms with Crippen molar-refractivity contribution >= 4 is 11.8 Å². The van der Waals surface area contributed by atoms with Crippen molar-refractivity contribution in [2.24, 2.45) is 0 Å². The minimum atomic E-state index is 0.467. The van der Waals surface area contributed by atoms with E-state index in [2.05, 4.69) is 32.7 Å². The molecule has 0 bridgehead atoms. The molecule has 1 aliphatic rings. The van der Waals surface area contributed by atoms with Crippen LogP contribution in [0.15, 0.2) is 0 Å². The predicted octanol–water partition coefficient (Wildman–Crippen LogP) is 1.79. The maximum Gasteiger partial charge on any atom is 0.0450 e. The second-order valence-corrected chi connectivity index (χ2v) is 4.91. The van der Waals surface area contributed by atoms with Crippen LogP contribution in [-0.2, 0) is 0 Å². The molecule has 0 aliphatic carbocycles. The summed E-state index contributed by atoms with van der Waals surface area (Å²) in [6, 6.07) is 0.725. The first kappa shape index (κ1) is 7.42. The van der Waals surface area contributed by atoms with E-state index in [9.17, 15) is 0 Å². The molecule has 0 aromatic carbocycles. The SMILES string of the molecule is CC1N(C)CSC1(C)C. The molecule has 1 aliphatic heterocycles. The van der Waals surface area contributed by atoms with Crippen molar-refractivity contribution < 1.29 is 0 Å². The zero-order chi connectivity index (χ0) is 7.07. The molecule has 9 heavy (non-hydrogen) atoms. The van der Waals surface area contributed by atoms with Gasteiger partial charge in [0.2, 0.25) is 0 Å². The lowest BCUT2D eigenvalue weighted by Crippen LogP contribution is -2.34. The van der Waals surface area contributed by atoms with Gasteiger partial charge in [0.05, 0.1) is 0 Å². The van der Waals surface area contributed by atoms with Crippen molar-refractivity contribution in [3.8, 4) is 0 Å². The first-order chi connectivity index (χ1) is 4.04. The topological polar surface area (TPSA) is 3.24 Å². The lowest BCUT2D eigenvalue weighted by Gasteiger charge is -2.24. The van der Waals surface area contributed by atoms with Gasteiger partial charge in [0, 0.05) is 16.7 Å². The van der Waals surface area contributed by atoms with Crippen LogP contribution in [0.4, 0.5) is 0 Å². The molecule has 0 saturated carbocycles. The Bertz CT molecular complexity index is 111. The minimum Gasteiger partial charge on any atom is -0.293 e. The highest BCUT2D eigenvalue weighted by Crippen LogP contribution is 2.37. The van der Waals surface area contributed by atoms with Gasteiger partial charge in [-0.2, -0.15) is 0 Å². The van der Waals surface area contributed by atoms with Crippen molar-refractivity contribution in [2.75, 3.05) is 12.9 Å². The molecular weight excluding hydrogens is 130 g/mol. The monoisotopic (exact) mass is 145 g/mol. The Morgan fingerprint density at radius 1 is 1.56 bits per heavy atom. The summed E-state index contributed by atoms with van der Waals surface area (Å²) in [5.74, 6) is 1.19. The summed E-state index contributed by atoms with van der Waals surface area (Å²) in [5.41, 5.74) is 0. The lowest BCUT2D eigenvalue weighted by atomic mass is 10.1. The second kappa shape index (κ2) is 2.17. The molecule has 1 heterocycles. The smallest absolute Gasteiger partial charge is 0.0450 e. The van der Waals surface area contributed by atoms with Crippen LogP contribution in [0, 0.1) is 0 Å². The van der Waals surface area contributed by atoms with E-state index >= 15 is 0 Å². The molecule has 1 unspecified atom stereocenters. The van der Waals surface area contributed by atoms with Crippen molar-refractivity contribution in [3.63, 3.8) is 0 Å². The second-order valence-electron chi connectivity index (χ2n) is 3.31. The van der Waals surface area contributed by atoms with Gasteiger partial charge in [0.15, 0.2) is 0 Å². The molecule has 54 valence electrons. The fourth-order valence-electron chi connectivity index (χ4n) is 1.03. The molecule has 0 N–H and O–H groups in total. The molecular formula is C7H15NS. The van der Waals surface area contributed by atoms with E-state index in [1.165, 1.54) is 5.88 Å². The van der Waals surface area contributed by atoms with Crippen LogP contribution in [0.25, 0.3) is 0 Å². The van der Waals surface area contributed by atoms with Crippen LogP contribution in [0.1, 0.15) is 20.8 Å². The number of hydrogen-bond acceptors (Lipinski definition) is 2. The molecule has 0 amide bonds. The molecule has 1 atom stereocenters. The maximum absolute atomic E-state index is 2.39. The summed E-state index contributed by atoms with van der Waals surface area (Å²) in [4.78, 5) is 2.39. The Morgan fingerprint density at radius 3 is 2.22 bits per heavy atom. The molecule has 1 nitrogen and oxygen atoms in total. The van der Waals surface area contributed by atoms with E-state index in [1.807, 2.05) is 11.8 Å². The molecule has 2 heteroatoms. The first-order valence-electron chi connectivity index (χ1n) is 3.38. The zero-order valence-electron chi connectivity index (χ0n) is 6.64. The van der Waals surface area contributed by atoms with E-state index in [-0.39, 0.29) is 0 Å². The fraction of sp³-hybridized carbons (Fsp3) is 1.00. The van der Waals surface area contributed by atoms with Gasteiger partial charge in [-0.05, 0) is 27.8 Å². The third-order valence-corrected chi connectivity index (χ3v) is 3.93. The van der Waals surface area contributed by atoms with E-state index in [4.69, 9.17) is 0 Å². The summed E-state index contributed by atoms with van der Waals surface area (Å²) < 4.78 is 0.467. The minimum absolute atomic E-state index is 0.467. The average Bonchev–Trinajstić information content (AvgIpc) is 1.97. The van der Waals surface area contributed by atoms with Crippen molar-refractivity contribution in [1.29, 1.82) is 0 Å². The van der Waals surface area contributed by atoms with Gasteiger partial charge in [0.1, 0.15) is 0 Å². The predicted molar refractivity (Wildman–Crippen MR) is 43.8 cm³/mol. The number of hydrogen-bond donors (Lipinski definition) is 0. The zero-order valence-corrected chi connectivity index (χ0v) is 7.46. The average molecular weight is 145 g/mol. The van der Waals surface area contributed by atoms with Crippen LogP contribution in [0.2, 0.25) is 0 Å². The van der Waals surface area contributed by atoms with Crippen molar-refractivity contribution in [2.45, 2.75) is 31.6 Å². The van der Waals surface area contributed by atoms with E-state index in [1.54, 1.807) is 0 Å². The molecule has 0 aromatic heterocycles. The Labute approximate surface area is 61.8 Å². The molecule has 0 spiro atoms. The van der Waals surface area contributed by atoms with Gasteiger partial charge in [0.25, 0.3) is 0 Å². The van der Waals surface area contributed by atoms with Gasteiger partial charge in [-0.1, -0.05) is 0 Å². The first-order valence-corrected chi connectivity index (χ1v) is 4.37. The van der Waals surface area contributed by atoms with Gasteiger partial charge in [-0.15, -0.1) is 11.8 Å². The maximum atomic E-state index is 2.39. The van der Waals surface area contributed by atoms with Crippen molar-refractivity contribution in [1.82, 2.24) is 4.90 Å². The molecule has 1 rings (SSSR count). The highest BCUT2D eigenvalue weighted by atomic mass is 32.2. The lowest BCUT2D eigenvalue weighted by molar-refractivity contribution is 0.286. The molecule has 1 fully saturated rings. The summed E-state index contributed by atoms with van der Waals surface area (Å²) in [6.45, 7) is 6.91.